The van der Waals surface area contributed by atoms with Crippen molar-refractivity contribution in [2.45, 2.75) is 32.9 Å². The first-order valence-corrected chi connectivity index (χ1v) is 11.3. The van der Waals surface area contributed by atoms with E-state index in [-0.39, 0.29) is 22.4 Å². The van der Waals surface area contributed by atoms with Crippen molar-refractivity contribution in [3.63, 3.8) is 0 Å². The smallest absolute Gasteiger partial charge is 0.339 e. The van der Waals surface area contributed by atoms with E-state index in [1.165, 1.54) is 19.2 Å². The van der Waals surface area contributed by atoms with E-state index in [1.54, 1.807) is 16.9 Å². The summed E-state index contributed by atoms with van der Waals surface area (Å²) in [5, 5.41) is 7.97. The second-order valence-electron chi connectivity index (χ2n) is 7.86. The fourth-order valence-corrected chi connectivity index (χ4v) is 3.75. The highest BCUT2D eigenvalue weighted by Gasteiger charge is 2.24. The number of halogens is 2. The highest BCUT2D eigenvalue weighted by atomic mass is 35.5. The van der Waals surface area contributed by atoms with Gasteiger partial charge in [0.15, 0.2) is 17.6 Å². The molecule has 0 aliphatic carbocycles. The molecule has 0 aliphatic heterocycles. The molecule has 0 spiro atoms. The summed E-state index contributed by atoms with van der Waals surface area (Å²) >= 11 is 11.9. The molecule has 0 aliphatic rings. The lowest BCUT2D eigenvalue weighted by Gasteiger charge is -2.15. The summed E-state index contributed by atoms with van der Waals surface area (Å²) in [7, 11) is 0. The van der Waals surface area contributed by atoms with Crippen molar-refractivity contribution in [1.29, 1.82) is 0 Å². The van der Waals surface area contributed by atoms with Gasteiger partial charge in [0.2, 0.25) is 0 Å². The molecular weight excluding hydrogens is 477 g/mol. The average molecular weight is 498 g/mol. The monoisotopic (exact) mass is 497 g/mol. The second-order valence-corrected chi connectivity index (χ2v) is 8.71. The van der Waals surface area contributed by atoms with Gasteiger partial charge in [-0.25, -0.2) is 19.4 Å². The molecule has 1 N–H and O–H groups in total. The number of benzene rings is 1. The average Bonchev–Trinajstić information content (AvgIpc) is 3.25. The van der Waals surface area contributed by atoms with Crippen molar-refractivity contribution < 1.29 is 14.3 Å². The number of nitrogens with one attached hydrogen (secondary N) is 1. The molecule has 0 fully saturated rings. The Hall–Kier alpha value is -3.49. The zero-order valence-electron chi connectivity index (χ0n) is 18.6. The maximum Gasteiger partial charge on any atom is 0.339 e. The van der Waals surface area contributed by atoms with E-state index in [4.69, 9.17) is 32.9 Å². The van der Waals surface area contributed by atoms with Crippen molar-refractivity contribution in [3.8, 4) is 11.3 Å². The predicted octanol–water partition coefficient (Wildman–Crippen LogP) is 5.57. The van der Waals surface area contributed by atoms with Crippen molar-refractivity contribution in [3.05, 3.63) is 70.5 Å². The molecule has 174 valence electrons. The van der Waals surface area contributed by atoms with E-state index < -0.39 is 18.0 Å². The van der Waals surface area contributed by atoms with Gasteiger partial charge in [-0.1, -0.05) is 53.5 Å². The Morgan fingerprint density at radius 3 is 2.47 bits per heavy atom. The first kappa shape index (κ1) is 23.7. The molecule has 10 heteroatoms. The fourth-order valence-electron chi connectivity index (χ4n) is 3.32. The summed E-state index contributed by atoms with van der Waals surface area (Å²) in [5.74, 6) is -1.14. The summed E-state index contributed by atoms with van der Waals surface area (Å²) in [4.78, 5) is 34.5. The van der Waals surface area contributed by atoms with Crippen LogP contribution in [-0.2, 0) is 9.53 Å². The van der Waals surface area contributed by atoms with Crippen LogP contribution >= 0.6 is 23.2 Å². The molecule has 0 saturated heterocycles. The molecule has 1 atom stereocenters. The van der Waals surface area contributed by atoms with E-state index in [2.05, 4.69) is 15.4 Å². The minimum absolute atomic E-state index is 0.0289. The number of hydrogen-bond acceptors (Lipinski definition) is 6. The highest BCUT2D eigenvalue weighted by Crippen LogP contribution is 2.27. The first-order chi connectivity index (χ1) is 16.2. The SMILES string of the molecule is CC(OC(=O)c1cc(-c2ccccc2)nc2c1cnn2C(C)C)C(=O)Nc1ncc(Cl)cc1Cl. The summed E-state index contributed by atoms with van der Waals surface area (Å²) in [6.07, 6.45) is 1.81. The molecule has 0 radical (unpaired) electrons. The second kappa shape index (κ2) is 9.79. The highest BCUT2D eigenvalue weighted by molar-refractivity contribution is 6.36. The van der Waals surface area contributed by atoms with Gasteiger partial charge in [-0.15, -0.1) is 0 Å². The Kier molecular flexibility index (Phi) is 6.81. The third-order valence-corrected chi connectivity index (χ3v) is 5.54. The van der Waals surface area contributed by atoms with Crippen molar-refractivity contribution in [1.82, 2.24) is 19.7 Å². The topological polar surface area (TPSA) is 99.0 Å². The van der Waals surface area contributed by atoms with Crippen LogP contribution in [0.15, 0.2) is 54.9 Å². The summed E-state index contributed by atoms with van der Waals surface area (Å²) in [5.41, 5.74) is 2.25. The summed E-state index contributed by atoms with van der Waals surface area (Å²) in [6, 6.07) is 12.6. The van der Waals surface area contributed by atoms with Gasteiger partial charge < -0.3 is 10.1 Å². The Balaban J connectivity index is 1.64. The molecule has 1 amide bonds. The van der Waals surface area contributed by atoms with Crippen molar-refractivity contribution in [2.24, 2.45) is 0 Å². The van der Waals surface area contributed by atoms with Gasteiger partial charge in [0.05, 0.1) is 32.9 Å². The van der Waals surface area contributed by atoms with Gasteiger partial charge in [-0.05, 0) is 32.9 Å². The lowest BCUT2D eigenvalue weighted by atomic mass is 10.1. The quantitative estimate of drug-likeness (QED) is 0.349. The molecule has 4 rings (SSSR count). The van der Waals surface area contributed by atoms with E-state index in [9.17, 15) is 9.59 Å². The third kappa shape index (κ3) is 4.88. The maximum absolute atomic E-state index is 13.2. The first-order valence-electron chi connectivity index (χ1n) is 10.5. The number of ether oxygens (including phenoxy) is 1. The number of aromatic nitrogens is 4. The van der Waals surface area contributed by atoms with Crippen LogP contribution in [0.25, 0.3) is 22.3 Å². The van der Waals surface area contributed by atoms with Crippen LogP contribution in [0, 0.1) is 0 Å². The molecule has 0 bridgehead atoms. The van der Waals surface area contributed by atoms with Gasteiger partial charge in [0.1, 0.15) is 0 Å². The Morgan fingerprint density at radius 1 is 1.06 bits per heavy atom. The van der Waals surface area contributed by atoms with Gasteiger partial charge in [0, 0.05) is 17.8 Å². The zero-order chi connectivity index (χ0) is 24.4. The fraction of sp³-hybridized carbons (Fsp3) is 0.208. The largest absolute Gasteiger partial charge is 0.449 e. The molecule has 3 heterocycles. The number of amides is 1. The molecular formula is C24H21Cl2N5O3. The molecule has 34 heavy (non-hydrogen) atoms. The Morgan fingerprint density at radius 2 is 1.79 bits per heavy atom. The number of rotatable bonds is 6. The molecule has 8 nitrogen and oxygen atoms in total. The summed E-state index contributed by atoms with van der Waals surface area (Å²) in [6.45, 7) is 5.42. The number of carbonyl (C=O) groups excluding carboxylic acids is 2. The van der Waals surface area contributed by atoms with E-state index >= 15 is 0 Å². The molecule has 1 aromatic carbocycles. The van der Waals surface area contributed by atoms with Gasteiger partial charge in [0.25, 0.3) is 5.91 Å². The molecule has 0 saturated carbocycles. The van der Waals surface area contributed by atoms with Crippen LogP contribution < -0.4 is 5.32 Å². The van der Waals surface area contributed by atoms with Crippen LogP contribution in [-0.4, -0.2) is 37.7 Å². The number of anilines is 1. The van der Waals surface area contributed by atoms with Gasteiger partial charge in [-0.2, -0.15) is 5.10 Å². The molecule has 4 aromatic rings. The zero-order valence-corrected chi connectivity index (χ0v) is 20.1. The Labute approximate surface area is 205 Å². The number of fused-ring (bicyclic) bond motifs is 1. The minimum atomic E-state index is -1.12. The van der Waals surface area contributed by atoms with Crippen LogP contribution in [0.5, 0.6) is 0 Å². The lowest BCUT2D eigenvalue weighted by molar-refractivity contribution is -0.123. The standard InChI is InChI=1S/C24H21Cl2N5O3/c1-13(2)31-22-18(12-28-31)17(10-20(29-22)15-7-5-4-6-8-15)24(33)34-14(3)23(32)30-21-19(26)9-16(25)11-27-21/h4-14H,1-3H3,(H,27,30,32). The van der Waals surface area contributed by atoms with Crippen molar-refractivity contribution in [2.75, 3.05) is 5.32 Å². The number of nitrogens with zero attached hydrogens (tertiary/aromatic N) is 4. The molecule has 1 unspecified atom stereocenters. The van der Waals surface area contributed by atoms with Gasteiger partial charge >= 0.3 is 5.97 Å². The maximum atomic E-state index is 13.2. The van der Waals surface area contributed by atoms with Crippen LogP contribution in [0.1, 0.15) is 37.2 Å². The van der Waals surface area contributed by atoms with E-state index in [1.807, 2.05) is 44.2 Å². The third-order valence-electron chi connectivity index (χ3n) is 5.05. The van der Waals surface area contributed by atoms with E-state index in [0.29, 0.717) is 21.7 Å². The van der Waals surface area contributed by atoms with Crippen molar-refractivity contribution >= 4 is 51.9 Å². The number of carbonyl (C=O) groups is 2. The lowest BCUT2D eigenvalue weighted by Crippen LogP contribution is -2.30. The normalized spacial score (nSPS) is 12.1. The summed E-state index contributed by atoms with van der Waals surface area (Å²) < 4.78 is 7.23. The van der Waals surface area contributed by atoms with Gasteiger partial charge in [-0.3, -0.25) is 4.79 Å². The number of hydrogen-bond donors (Lipinski definition) is 1. The Bertz CT molecular complexity index is 1370. The van der Waals surface area contributed by atoms with E-state index in [0.717, 1.165) is 5.56 Å². The van der Waals surface area contributed by atoms with Crippen LogP contribution in [0.3, 0.4) is 0 Å². The van der Waals surface area contributed by atoms with Crippen LogP contribution in [0.2, 0.25) is 10.0 Å². The predicted molar refractivity (Wildman–Crippen MR) is 131 cm³/mol. The number of esters is 1. The van der Waals surface area contributed by atoms with Crippen LogP contribution in [0.4, 0.5) is 5.82 Å². The molecule has 3 aromatic heterocycles. The minimum Gasteiger partial charge on any atom is -0.449 e. The number of pyridine rings is 2.